The Morgan fingerprint density at radius 2 is 1.83 bits per heavy atom. The van der Waals surface area contributed by atoms with Crippen molar-refractivity contribution in [3.8, 4) is 5.75 Å². The largest absolute Gasteiger partial charge is 0.507 e. The molecule has 0 radical (unpaired) electrons. The van der Waals surface area contributed by atoms with Crippen molar-refractivity contribution >= 4 is 16.7 Å². The Morgan fingerprint density at radius 1 is 1.21 bits per heavy atom. The third-order valence-electron chi connectivity index (χ3n) is 3.69. The number of fused-ring (bicyclic) bond motifs is 1. The zero-order chi connectivity index (χ0) is 17.4. The SMILES string of the molecule is CCCNN1CCOCC1.O=C(O)c1cc2ccccc2cc1O. The fraction of sp³-hybridized carbons (Fsp3) is 0.389. The molecule has 0 atom stereocenters. The molecule has 0 aromatic heterocycles. The number of carbonyl (C=O) groups is 1. The van der Waals surface area contributed by atoms with Crippen LogP contribution in [0.5, 0.6) is 5.75 Å². The minimum atomic E-state index is -1.12. The molecule has 0 unspecified atom stereocenters. The molecule has 3 N–H and O–H groups in total. The Labute approximate surface area is 141 Å². The summed E-state index contributed by atoms with van der Waals surface area (Å²) in [5.74, 6) is -1.32. The third-order valence-corrected chi connectivity index (χ3v) is 3.69. The molecule has 0 spiro atoms. The number of hydrazine groups is 1. The summed E-state index contributed by atoms with van der Waals surface area (Å²) in [6.07, 6.45) is 1.19. The molecule has 1 fully saturated rings. The van der Waals surface area contributed by atoms with Gasteiger partial charge in [0.05, 0.1) is 13.2 Å². The number of aromatic hydroxyl groups is 1. The molecule has 130 valence electrons. The lowest BCUT2D eigenvalue weighted by Gasteiger charge is -2.26. The summed E-state index contributed by atoms with van der Waals surface area (Å²) in [5.41, 5.74) is 3.26. The second-order valence-corrected chi connectivity index (χ2v) is 5.53. The van der Waals surface area contributed by atoms with E-state index in [9.17, 15) is 9.90 Å². The molecule has 0 amide bonds. The van der Waals surface area contributed by atoms with Crippen LogP contribution in [0.3, 0.4) is 0 Å². The molecule has 2 aromatic rings. The van der Waals surface area contributed by atoms with Crippen molar-refractivity contribution in [3.05, 3.63) is 42.0 Å². The van der Waals surface area contributed by atoms with Crippen LogP contribution >= 0.6 is 0 Å². The number of hydrogen-bond donors (Lipinski definition) is 3. The maximum atomic E-state index is 10.7. The highest BCUT2D eigenvalue weighted by Crippen LogP contribution is 2.24. The first kappa shape index (κ1) is 18.2. The Balaban J connectivity index is 0.000000185. The van der Waals surface area contributed by atoms with Crippen LogP contribution in [0, 0.1) is 0 Å². The van der Waals surface area contributed by atoms with Crippen molar-refractivity contribution < 1.29 is 19.7 Å². The van der Waals surface area contributed by atoms with Gasteiger partial charge in [0.15, 0.2) is 0 Å². The second kappa shape index (κ2) is 9.22. The van der Waals surface area contributed by atoms with Crippen molar-refractivity contribution in [2.75, 3.05) is 32.8 Å². The Kier molecular flexibility index (Phi) is 6.99. The number of carboxylic acid groups (broad SMARTS) is 1. The van der Waals surface area contributed by atoms with E-state index in [1.807, 2.05) is 18.2 Å². The standard InChI is InChI=1S/C11H8O3.C7H16N2O/c12-10-6-8-4-2-1-3-7(8)5-9(10)11(13)14;1-2-3-8-9-4-6-10-7-5-9/h1-6,12H,(H,13,14);8H,2-7H2,1H3. The average Bonchev–Trinajstić information content (AvgIpc) is 2.60. The maximum absolute atomic E-state index is 10.7. The summed E-state index contributed by atoms with van der Waals surface area (Å²) < 4.78 is 5.20. The first-order valence-electron chi connectivity index (χ1n) is 8.13. The Hall–Kier alpha value is -2.15. The molecule has 6 heteroatoms. The Bertz CT molecular complexity index is 669. The van der Waals surface area contributed by atoms with Gasteiger partial charge in [-0.05, 0) is 29.3 Å². The molecule has 0 bridgehead atoms. The van der Waals surface area contributed by atoms with Crippen LogP contribution in [0.1, 0.15) is 23.7 Å². The topological polar surface area (TPSA) is 82.0 Å². The molecule has 1 heterocycles. The Morgan fingerprint density at radius 3 is 2.42 bits per heavy atom. The van der Waals surface area contributed by atoms with Crippen molar-refractivity contribution in [1.82, 2.24) is 10.4 Å². The van der Waals surface area contributed by atoms with E-state index in [1.54, 1.807) is 6.07 Å². The van der Waals surface area contributed by atoms with Gasteiger partial charge < -0.3 is 14.9 Å². The van der Waals surface area contributed by atoms with Gasteiger partial charge in [0.1, 0.15) is 11.3 Å². The van der Waals surface area contributed by atoms with Gasteiger partial charge in [-0.15, -0.1) is 0 Å². The van der Waals surface area contributed by atoms with Crippen LogP contribution in [0.4, 0.5) is 0 Å². The minimum Gasteiger partial charge on any atom is -0.507 e. The summed E-state index contributed by atoms with van der Waals surface area (Å²) in [6.45, 7) is 7.06. The summed E-state index contributed by atoms with van der Waals surface area (Å²) in [5, 5.41) is 22.0. The molecule has 24 heavy (non-hydrogen) atoms. The van der Waals surface area contributed by atoms with E-state index in [1.165, 1.54) is 18.6 Å². The predicted molar refractivity (Wildman–Crippen MR) is 93.3 cm³/mol. The van der Waals surface area contributed by atoms with E-state index < -0.39 is 5.97 Å². The lowest BCUT2D eigenvalue weighted by atomic mass is 10.1. The van der Waals surface area contributed by atoms with Crippen LogP contribution in [0.15, 0.2) is 36.4 Å². The van der Waals surface area contributed by atoms with E-state index in [-0.39, 0.29) is 11.3 Å². The lowest BCUT2D eigenvalue weighted by molar-refractivity contribution is 0.0122. The number of aromatic carboxylic acids is 1. The number of rotatable bonds is 4. The summed E-state index contributed by atoms with van der Waals surface area (Å²) in [4.78, 5) is 10.7. The number of nitrogens with one attached hydrogen (secondary N) is 1. The summed E-state index contributed by atoms with van der Waals surface area (Å²) in [6, 6.07) is 10.2. The fourth-order valence-electron chi connectivity index (χ4n) is 2.39. The smallest absolute Gasteiger partial charge is 0.339 e. The van der Waals surface area contributed by atoms with Crippen molar-refractivity contribution in [2.45, 2.75) is 13.3 Å². The highest BCUT2D eigenvalue weighted by atomic mass is 16.5. The first-order valence-corrected chi connectivity index (χ1v) is 8.13. The van der Waals surface area contributed by atoms with Crippen LogP contribution in [-0.2, 0) is 4.74 Å². The molecular formula is C18H24N2O4. The van der Waals surface area contributed by atoms with Gasteiger partial charge in [-0.25, -0.2) is 9.80 Å². The number of benzene rings is 2. The minimum absolute atomic E-state index is 0.0660. The highest BCUT2D eigenvalue weighted by molar-refractivity contribution is 5.97. The van der Waals surface area contributed by atoms with Gasteiger partial charge in [0.25, 0.3) is 0 Å². The van der Waals surface area contributed by atoms with Gasteiger partial charge in [0.2, 0.25) is 0 Å². The van der Waals surface area contributed by atoms with Crippen molar-refractivity contribution in [3.63, 3.8) is 0 Å². The van der Waals surface area contributed by atoms with Gasteiger partial charge in [0, 0.05) is 19.6 Å². The average molecular weight is 332 g/mol. The molecule has 3 rings (SSSR count). The van der Waals surface area contributed by atoms with Gasteiger partial charge >= 0.3 is 5.97 Å². The lowest BCUT2D eigenvalue weighted by Crippen LogP contribution is -2.45. The third kappa shape index (κ3) is 5.19. The molecule has 0 saturated carbocycles. The zero-order valence-electron chi connectivity index (χ0n) is 13.9. The molecule has 1 aliphatic rings. The summed E-state index contributed by atoms with van der Waals surface area (Å²) >= 11 is 0. The normalized spacial score (nSPS) is 14.9. The predicted octanol–water partition coefficient (Wildman–Crippen LogP) is 2.48. The number of hydrogen-bond acceptors (Lipinski definition) is 5. The molecular weight excluding hydrogens is 308 g/mol. The highest BCUT2D eigenvalue weighted by Gasteiger charge is 2.10. The van der Waals surface area contributed by atoms with Crippen molar-refractivity contribution in [2.24, 2.45) is 0 Å². The molecule has 6 nitrogen and oxygen atoms in total. The summed E-state index contributed by atoms with van der Waals surface area (Å²) in [7, 11) is 0. The number of carboxylic acids is 1. The van der Waals surface area contributed by atoms with Crippen LogP contribution in [-0.4, -0.2) is 54.0 Å². The zero-order valence-corrected chi connectivity index (χ0v) is 13.9. The van der Waals surface area contributed by atoms with E-state index in [0.29, 0.717) is 0 Å². The monoisotopic (exact) mass is 332 g/mol. The van der Waals surface area contributed by atoms with E-state index in [4.69, 9.17) is 9.84 Å². The van der Waals surface area contributed by atoms with E-state index in [0.717, 1.165) is 43.6 Å². The van der Waals surface area contributed by atoms with Crippen molar-refractivity contribution in [1.29, 1.82) is 0 Å². The second-order valence-electron chi connectivity index (χ2n) is 5.53. The molecule has 0 aliphatic carbocycles. The van der Waals surface area contributed by atoms with Crippen LogP contribution in [0.25, 0.3) is 10.8 Å². The van der Waals surface area contributed by atoms with Crippen LogP contribution < -0.4 is 5.43 Å². The van der Waals surface area contributed by atoms with Crippen LogP contribution in [0.2, 0.25) is 0 Å². The first-order chi connectivity index (χ1) is 11.6. The fourth-order valence-corrected chi connectivity index (χ4v) is 2.39. The maximum Gasteiger partial charge on any atom is 0.339 e. The van der Waals surface area contributed by atoms with Gasteiger partial charge in [-0.1, -0.05) is 31.2 Å². The number of nitrogens with zero attached hydrogens (tertiary/aromatic N) is 1. The quantitative estimate of drug-likeness (QED) is 0.798. The number of ether oxygens (including phenoxy) is 1. The number of morpholine rings is 1. The molecule has 1 aliphatic heterocycles. The number of phenols is 1. The van der Waals surface area contributed by atoms with Gasteiger partial charge in [-0.2, -0.15) is 0 Å². The van der Waals surface area contributed by atoms with E-state index in [2.05, 4.69) is 17.4 Å². The molecule has 2 aromatic carbocycles. The molecule has 1 saturated heterocycles. The van der Waals surface area contributed by atoms with Gasteiger partial charge in [-0.3, -0.25) is 5.43 Å². The van der Waals surface area contributed by atoms with E-state index >= 15 is 0 Å².